The van der Waals surface area contributed by atoms with Crippen LogP contribution in [0.2, 0.25) is 0 Å². The Bertz CT molecular complexity index is 582. The molecular formula is C13H15N3O2S2. The molecule has 7 heteroatoms. The van der Waals surface area contributed by atoms with E-state index in [4.69, 9.17) is 4.74 Å². The van der Waals surface area contributed by atoms with Crippen LogP contribution in [0.3, 0.4) is 0 Å². The molecule has 1 aromatic heterocycles. The summed E-state index contributed by atoms with van der Waals surface area (Å²) in [7, 11) is 5.43. The Morgan fingerprint density at radius 2 is 2.00 bits per heavy atom. The second-order valence-corrected chi connectivity index (χ2v) is 6.36. The Kier molecular flexibility index (Phi) is 4.97. The fraction of sp³-hybridized carbons (Fsp3) is 0.308. The van der Waals surface area contributed by atoms with E-state index in [2.05, 4.69) is 10.2 Å². The van der Waals surface area contributed by atoms with Crippen LogP contribution in [0.1, 0.15) is 10.4 Å². The van der Waals surface area contributed by atoms with Crippen molar-refractivity contribution in [2.75, 3.05) is 31.9 Å². The highest BCUT2D eigenvalue weighted by atomic mass is 32.2. The largest absolute Gasteiger partial charge is 0.497 e. The SMILES string of the molecule is COc1ccc(C(=O)CSc2nnc(N(C)C)s2)cc1. The lowest BCUT2D eigenvalue weighted by Crippen LogP contribution is -2.07. The smallest absolute Gasteiger partial charge is 0.208 e. The topological polar surface area (TPSA) is 55.3 Å². The molecule has 2 aromatic rings. The quantitative estimate of drug-likeness (QED) is 0.604. The minimum absolute atomic E-state index is 0.0688. The second kappa shape index (κ2) is 6.71. The molecule has 0 aliphatic carbocycles. The van der Waals surface area contributed by atoms with Gasteiger partial charge in [-0.3, -0.25) is 4.79 Å². The van der Waals surface area contributed by atoms with Crippen LogP contribution < -0.4 is 9.64 Å². The monoisotopic (exact) mass is 309 g/mol. The zero-order valence-electron chi connectivity index (χ0n) is 11.5. The summed E-state index contributed by atoms with van der Waals surface area (Å²) < 4.78 is 5.87. The van der Waals surface area contributed by atoms with E-state index in [1.165, 1.54) is 23.1 Å². The van der Waals surface area contributed by atoms with Crippen LogP contribution in [0.4, 0.5) is 5.13 Å². The minimum atomic E-state index is 0.0688. The van der Waals surface area contributed by atoms with E-state index < -0.39 is 0 Å². The van der Waals surface area contributed by atoms with Gasteiger partial charge >= 0.3 is 0 Å². The molecule has 0 spiro atoms. The predicted octanol–water partition coefficient (Wildman–Crippen LogP) is 2.59. The third-order valence-corrected chi connectivity index (χ3v) is 4.74. The zero-order valence-corrected chi connectivity index (χ0v) is 13.1. The van der Waals surface area contributed by atoms with E-state index in [0.29, 0.717) is 11.3 Å². The number of aromatic nitrogens is 2. The fourth-order valence-electron chi connectivity index (χ4n) is 1.43. The molecule has 0 bridgehead atoms. The number of thioether (sulfide) groups is 1. The number of hydrogen-bond acceptors (Lipinski definition) is 7. The third kappa shape index (κ3) is 3.71. The molecule has 0 aliphatic heterocycles. The number of ketones is 1. The number of hydrogen-bond donors (Lipinski definition) is 0. The summed E-state index contributed by atoms with van der Waals surface area (Å²) in [5.74, 6) is 1.17. The van der Waals surface area contributed by atoms with E-state index in [-0.39, 0.29) is 5.78 Å². The molecule has 1 heterocycles. The number of methoxy groups -OCH3 is 1. The second-order valence-electron chi connectivity index (χ2n) is 4.19. The Morgan fingerprint density at radius 1 is 1.30 bits per heavy atom. The predicted molar refractivity (Wildman–Crippen MR) is 82.3 cm³/mol. The maximum absolute atomic E-state index is 12.0. The number of ether oxygens (including phenoxy) is 1. The van der Waals surface area contributed by atoms with Crippen LogP contribution in [0.25, 0.3) is 0 Å². The summed E-state index contributed by atoms with van der Waals surface area (Å²) in [6, 6.07) is 7.11. The van der Waals surface area contributed by atoms with Gasteiger partial charge in [0.05, 0.1) is 12.9 Å². The summed E-state index contributed by atoms with van der Waals surface area (Å²) in [6.07, 6.45) is 0. The van der Waals surface area contributed by atoms with Crippen molar-refractivity contribution >= 4 is 34.0 Å². The number of nitrogens with zero attached hydrogens (tertiary/aromatic N) is 3. The molecular weight excluding hydrogens is 294 g/mol. The molecule has 0 amide bonds. The standard InChI is InChI=1S/C13H15N3O2S2/c1-16(2)12-14-15-13(20-12)19-8-11(17)9-4-6-10(18-3)7-5-9/h4-7H,8H2,1-3H3. The van der Waals surface area contributed by atoms with Gasteiger partial charge < -0.3 is 9.64 Å². The van der Waals surface area contributed by atoms with E-state index in [1.54, 1.807) is 31.4 Å². The van der Waals surface area contributed by atoms with Crippen molar-refractivity contribution in [3.05, 3.63) is 29.8 Å². The van der Waals surface area contributed by atoms with Crippen LogP contribution in [0.5, 0.6) is 5.75 Å². The molecule has 0 fully saturated rings. The van der Waals surface area contributed by atoms with Crippen molar-refractivity contribution in [2.24, 2.45) is 0 Å². The molecule has 2 rings (SSSR count). The normalized spacial score (nSPS) is 10.3. The van der Waals surface area contributed by atoms with E-state index in [9.17, 15) is 4.79 Å². The zero-order chi connectivity index (χ0) is 14.5. The maximum Gasteiger partial charge on any atom is 0.208 e. The van der Waals surface area contributed by atoms with Crippen molar-refractivity contribution in [2.45, 2.75) is 4.34 Å². The van der Waals surface area contributed by atoms with Crippen molar-refractivity contribution in [1.82, 2.24) is 10.2 Å². The highest BCUT2D eigenvalue weighted by Gasteiger charge is 2.10. The molecule has 0 atom stereocenters. The van der Waals surface area contributed by atoms with Crippen LogP contribution in [-0.2, 0) is 0 Å². The molecule has 1 aromatic carbocycles. The Morgan fingerprint density at radius 3 is 2.55 bits per heavy atom. The molecule has 0 aliphatic rings. The van der Waals surface area contributed by atoms with Gasteiger partial charge in [0.25, 0.3) is 0 Å². The van der Waals surface area contributed by atoms with E-state index >= 15 is 0 Å². The first-order valence-corrected chi connectivity index (χ1v) is 7.71. The van der Waals surface area contributed by atoms with Gasteiger partial charge in [0.15, 0.2) is 10.1 Å². The molecule has 0 radical (unpaired) electrons. The number of rotatable bonds is 6. The van der Waals surface area contributed by atoms with Crippen LogP contribution in [0, 0.1) is 0 Å². The van der Waals surface area contributed by atoms with Gasteiger partial charge in [-0.2, -0.15) is 0 Å². The van der Waals surface area contributed by atoms with Gasteiger partial charge in [0, 0.05) is 19.7 Å². The highest BCUT2D eigenvalue weighted by Crippen LogP contribution is 2.27. The first-order valence-electron chi connectivity index (χ1n) is 5.91. The van der Waals surface area contributed by atoms with Crippen molar-refractivity contribution in [3.8, 4) is 5.75 Å². The van der Waals surface area contributed by atoms with E-state index in [0.717, 1.165) is 15.2 Å². The van der Waals surface area contributed by atoms with Crippen LogP contribution in [-0.4, -0.2) is 42.9 Å². The van der Waals surface area contributed by atoms with Gasteiger partial charge in [0.2, 0.25) is 5.13 Å². The lowest BCUT2D eigenvalue weighted by atomic mass is 10.1. The Hall–Kier alpha value is -1.60. The van der Waals surface area contributed by atoms with Crippen molar-refractivity contribution < 1.29 is 9.53 Å². The van der Waals surface area contributed by atoms with Crippen LogP contribution in [0.15, 0.2) is 28.6 Å². The molecule has 20 heavy (non-hydrogen) atoms. The molecule has 0 N–H and O–H groups in total. The summed E-state index contributed by atoms with van der Waals surface area (Å²) in [5.41, 5.74) is 0.677. The fourth-order valence-corrected chi connectivity index (χ4v) is 3.09. The molecule has 0 saturated carbocycles. The van der Waals surface area contributed by atoms with Gasteiger partial charge in [-0.05, 0) is 24.3 Å². The Balaban J connectivity index is 1.93. The molecule has 0 saturated heterocycles. The molecule has 5 nitrogen and oxygen atoms in total. The Labute approximate surface area is 126 Å². The first-order chi connectivity index (χ1) is 9.60. The average Bonchev–Trinajstić information content (AvgIpc) is 2.94. The molecule has 106 valence electrons. The van der Waals surface area contributed by atoms with Gasteiger partial charge in [0.1, 0.15) is 5.75 Å². The first kappa shape index (κ1) is 14.8. The van der Waals surface area contributed by atoms with Gasteiger partial charge in [-0.1, -0.05) is 23.1 Å². The van der Waals surface area contributed by atoms with Crippen molar-refractivity contribution in [3.63, 3.8) is 0 Å². The number of Topliss-reactive ketones (excluding diaryl/α,β-unsaturated/α-hetero) is 1. The number of anilines is 1. The van der Waals surface area contributed by atoms with Gasteiger partial charge in [-0.25, -0.2) is 0 Å². The average molecular weight is 309 g/mol. The van der Waals surface area contributed by atoms with E-state index in [1.807, 2.05) is 19.0 Å². The summed E-state index contributed by atoms with van der Waals surface area (Å²) in [6.45, 7) is 0. The lowest BCUT2D eigenvalue weighted by molar-refractivity contribution is 0.102. The van der Waals surface area contributed by atoms with Crippen molar-refractivity contribution in [1.29, 1.82) is 0 Å². The highest BCUT2D eigenvalue weighted by molar-refractivity contribution is 8.01. The lowest BCUT2D eigenvalue weighted by Gasteiger charge is -2.03. The third-order valence-electron chi connectivity index (χ3n) is 2.52. The maximum atomic E-state index is 12.0. The summed E-state index contributed by atoms with van der Waals surface area (Å²) >= 11 is 2.89. The molecule has 0 unspecified atom stereocenters. The number of carbonyl (C=O) groups excluding carboxylic acids is 1. The number of benzene rings is 1. The van der Waals surface area contributed by atoms with Gasteiger partial charge in [-0.15, -0.1) is 10.2 Å². The number of carbonyl (C=O) groups is 1. The van der Waals surface area contributed by atoms with Crippen LogP contribution >= 0.6 is 23.1 Å². The minimum Gasteiger partial charge on any atom is -0.497 e. The summed E-state index contributed by atoms with van der Waals surface area (Å²) in [5, 5.41) is 8.92. The summed E-state index contributed by atoms with van der Waals surface area (Å²) in [4.78, 5) is 13.9.